The summed E-state index contributed by atoms with van der Waals surface area (Å²) in [7, 11) is 0. The highest BCUT2D eigenvalue weighted by Crippen LogP contribution is 2.32. The summed E-state index contributed by atoms with van der Waals surface area (Å²) in [5.74, 6) is 1.70. The number of thiazole rings is 1. The SMILES string of the molecule is Cc1nc(-c2nc([C@@H]3CNCCO3)n(C3CCCCC3)n2)cs1. The van der Waals surface area contributed by atoms with E-state index < -0.39 is 0 Å². The summed E-state index contributed by atoms with van der Waals surface area (Å²) in [5.41, 5.74) is 0.882. The molecule has 0 aromatic carbocycles. The fraction of sp³-hybridized carbons (Fsp3) is 0.688. The lowest BCUT2D eigenvalue weighted by Gasteiger charge is -2.27. The number of nitrogens with one attached hydrogen (secondary N) is 1. The van der Waals surface area contributed by atoms with E-state index in [9.17, 15) is 0 Å². The van der Waals surface area contributed by atoms with Crippen molar-refractivity contribution >= 4 is 11.3 Å². The number of hydrogen-bond acceptors (Lipinski definition) is 6. The van der Waals surface area contributed by atoms with Crippen LogP contribution in [0.1, 0.15) is 55.1 Å². The average molecular weight is 333 g/mol. The molecule has 1 saturated carbocycles. The summed E-state index contributed by atoms with van der Waals surface area (Å²) in [5, 5.41) is 11.3. The van der Waals surface area contributed by atoms with Gasteiger partial charge in [0.05, 0.1) is 17.7 Å². The summed E-state index contributed by atoms with van der Waals surface area (Å²) in [6, 6.07) is 0.449. The maximum atomic E-state index is 5.95. The third-order valence-electron chi connectivity index (χ3n) is 4.64. The molecule has 2 aromatic heterocycles. The number of morpholine rings is 1. The van der Waals surface area contributed by atoms with Crippen LogP contribution in [-0.2, 0) is 4.74 Å². The van der Waals surface area contributed by atoms with Crippen LogP contribution < -0.4 is 5.32 Å². The second kappa shape index (κ2) is 6.67. The molecule has 124 valence electrons. The lowest BCUT2D eigenvalue weighted by atomic mass is 9.95. The van der Waals surface area contributed by atoms with E-state index in [1.165, 1.54) is 32.1 Å². The molecule has 3 heterocycles. The quantitative estimate of drug-likeness (QED) is 0.935. The van der Waals surface area contributed by atoms with Gasteiger partial charge in [-0.1, -0.05) is 19.3 Å². The van der Waals surface area contributed by atoms with Gasteiger partial charge in [0.1, 0.15) is 11.8 Å². The first-order valence-corrected chi connectivity index (χ1v) is 9.40. The molecule has 6 nitrogen and oxygen atoms in total. The Balaban J connectivity index is 1.70. The van der Waals surface area contributed by atoms with Crippen molar-refractivity contribution < 1.29 is 4.74 Å². The second-order valence-corrected chi connectivity index (χ2v) is 7.41. The molecular formula is C16H23N5OS. The first-order valence-electron chi connectivity index (χ1n) is 8.52. The van der Waals surface area contributed by atoms with Crippen molar-refractivity contribution in [3.05, 3.63) is 16.2 Å². The Bertz CT molecular complexity index is 620. The molecule has 7 heteroatoms. The molecule has 1 N–H and O–H groups in total. The Morgan fingerprint density at radius 1 is 1.26 bits per heavy atom. The Morgan fingerprint density at radius 2 is 2.13 bits per heavy atom. The Labute approximate surface area is 140 Å². The lowest BCUT2D eigenvalue weighted by Crippen LogP contribution is -2.35. The molecule has 1 aliphatic carbocycles. The van der Waals surface area contributed by atoms with Gasteiger partial charge in [-0.05, 0) is 19.8 Å². The summed E-state index contributed by atoms with van der Waals surface area (Å²) in [4.78, 5) is 9.37. The first-order chi connectivity index (χ1) is 11.3. The Morgan fingerprint density at radius 3 is 2.83 bits per heavy atom. The number of nitrogens with zero attached hydrogens (tertiary/aromatic N) is 4. The Kier molecular flexibility index (Phi) is 4.41. The van der Waals surface area contributed by atoms with Crippen LogP contribution in [0.2, 0.25) is 0 Å². The van der Waals surface area contributed by atoms with Crippen LogP contribution in [-0.4, -0.2) is 39.4 Å². The molecule has 2 fully saturated rings. The van der Waals surface area contributed by atoms with Gasteiger partial charge >= 0.3 is 0 Å². The highest BCUT2D eigenvalue weighted by atomic mass is 32.1. The predicted molar refractivity (Wildman–Crippen MR) is 89.6 cm³/mol. The zero-order chi connectivity index (χ0) is 15.6. The lowest BCUT2D eigenvalue weighted by molar-refractivity contribution is 0.0176. The first kappa shape index (κ1) is 15.2. The van der Waals surface area contributed by atoms with E-state index in [1.807, 2.05) is 12.3 Å². The molecule has 0 radical (unpaired) electrons. The Hall–Kier alpha value is -1.31. The highest BCUT2D eigenvalue weighted by molar-refractivity contribution is 7.09. The van der Waals surface area contributed by atoms with Gasteiger partial charge in [-0.25, -0.2) is 14.6 Å². The van der Waals surface area contributed by atoms with Crippen LogP contribution in [0.3, 0.4) is 0 Å². The predicted octanol–water partition coefficient (Wildman–Crippen LogP) is 2.88. The molecule has 23 heavy (non-hydrogen) atoms. The summed E-state index contributed by atoms with van der Waals surface area (Å²) in [6.07, 6.45) is 6.25. The summed E-state index contributed by atoms with van der Waals surface area (Å²) in [6.45, 7) is 4.46. The van der Waals surface area contributed by atoms with Crippen LogP contribution in [0.4, 0.5) is 0 Å². The molecular weight excluding hydrogens is 310 g/mol. The molecule has 0 spiro atoms. The maximum Gasteiger partial charge on any atom is 0.201 e. The standard InChI is InChI=1S/C16H23N5OS/c1-11-18-13(10-23-11)15-19-16(14-9-17-7-8-22-14)21(20-15)12-5-3-2-4-6-12/h10,12,14,17H,2-9H2,1H3/t14-/m0/s1. The fourth-order valence-corrected chi connectivity index (χ4v) is 4.05. The number of ether oxygens (including phenoxy) is 1. The summed E-state index contributed by atoms with van der Waals surface area (Å²) < 4.78 is 8.09. The van der Waals surface area contributed by atoms with E-state index in [2.05, 4.69) is 15.0 Å². The van der Waals surface area contributed by atoms with Gasteiger partial charge in [0, 0.05) is 18.5 Å². The van der Waals surface area contributed by atoms with Crippen molar-refractivity contribution in [1.29, 1.82) is 0 Å². The molecule has 0 bridgehead atoms. The zero-order valence-electron chi connectivity index (χ0n) is 13.5. The van der Waals surface area contributed by atoms with E-state index in [1.54, 1.807) is 11.3 Å². The van der Waals surface area contributed by atoms with Gasteiger partial charge in [0.25, 0.3) is 0 Å². The smallest absolute Gasteiger partial charge is 0.201 e. The minimum Gasteiger partial charge on any atom is -0.368 e. The van der Waals surface area contributed by atoms with Crippen LogP contribution in [0.15, 0.2) is 5.38 Å². The number of rotatable bonds is 3. The number of hydrogen-bond donors (Lipinski definition) is 1. The molecule has 1 saturated heterocycles. The molecule has 2 aromatic rings. The van der Waals surface area contributed by atoms with E-state index in [0.29, 0.717) is 6.04 Å². The van der Waals surface area contributed by atoms with Crippen molar-refractivity contribution in [2.75, 3.05) is 19.7 Å². The zero-order valence-corrected chi connectivity index (χ0v) is 14.3. The van der Waals surface area contributed by atoms with E-state index >= 15 is 0 Å². The molecule has 4 rings (SSSR count). The second-order valence-electron chi connectivity index (χ2n) is 6.35. The molecule has 0 unspecified atom stereocenters. The van der Waals surface area contributed by atoms with Gasteiger partial charge in [0.15, 0.2) is 5.82 Å². The van der Waals surface area contributed by atoms with Gasteiger partial charge in [-0.15, -0.1) is 16.4 Å². The third-order valence-corrected chi connectivity index (χ3v) is 5.42. The van der Waals surface area contributed by atoms with Gasteiger partial charge in [-0.3, -0.25) is 0 Å². The number of aromatic nitrogens is 4. The van der Waals surface area contributed by atoms with Crippen molar-refractivity contribution in [1.82, 2.24) is 25.1 Å². The molecule has 1 atom stereocenters. The van der Waals surface area contributed by atoms with E-state index in [-0.39, 0.29) is 6.10 Å². The topological polar surface area (TPSA) is 64.9 Å². The van der Waals surface area contributed by atoms with Crippen molar-refractivity contribution in [2.45, 2.75) is 51.2 Å². The molecule has 1 aliphatic heterocycles. The maximum absolute atomic E-state index is 5.95. The van der Waals surface area contributed by atoms with Crippen molar-refractivity contribution in [2.24, 2.45) is 0 Å². The third kappa shape index (κ3) is 3.18. The minimum atomic E-state index is -0.00772. The van der Waals surface area contributed by atoms with Crippen LogP contribution in [0, 0.1) is 6.92 Å². The van der Waals surface area contributed by atoms with Crippen LogP contribution >= 0.6 is 11.3 Å². The van der Waals surface area contributed by atoms with Crippen molar-refractivity contribution in [3.63, 3.8) is 0 Å². The van der Waals surface area contributed by atoms with Gasteiger partial charge in [-0.2, -0.15) is 0 Å². The molecule has 2 aliphatic rings. The monoisotopic (exact) mass is 333 g/mol. The summed E-state index contributed by atoms with van der Waals surface area (Å²) >= 11 is 1.64. The largest absolute Gasteiger partial charge is 0.368 e. The van der Waals surface area contributed by atoms with Crippen LogP contribution in [0.5, 0.6) is 0 Å². The number of aryl methyl sites for hydroxylation is 1. The van der Waals surface area contributed by atoms with Crippen molar-refractivity contribution in [3.8, 4) is 11.5 Å². The molecule has 0 amide bonds. The fourth-order valence-electron chi connectivity index (χ4n) is 3.46. The van der Waals surface area contributed by atoms with Gasteiger partial charge < -0.3 is 10.1 Å². The average Bonchev–Trinajstić information content (AvgIpc) is 3.23. The van der Waals surface area contributed by atoms with E-state index in [4.69, 9.17) is 14.8 Å². The normalized spacial score (nSPS) is 23.3. The highest BCUT2D eigenvalue weighted by Gasteiger charge is 2.28. The van der Waals surface area contributed by atoms with Crippen LogP contribution in [0.25, 0.3) is 11.5 Å². The van der Waals surface area contributed by atoms with Gasteiger partial charge in [0.2, 0.25) is 5.82 Å². The van der Waals surface area contributed by atoms with E-state index in [0.717, 1.165) is 42.0 Å². The minimum absolute atomic E-state index is 0.00772.